The molecule has 0 saturated carbocycles. The van der Waals surface area contributed by atoms with E-state index in [1.54, 1.807) is 24.2 Å². The molecule has 0 bridgehead atoms. The number of fused-ring (bicyclic) bond motifs is 2. The molecule has 1 atom stereocenters. The Hall–Kier alpha value is -3.75. The lowest BCUT2D eigenvalue weighted by atomic mass is 9.99. The summed E-state index contributed by atoms with van der Waals surface area (Å²) in [5.74, 6) is 0.959. The summed E-state index contributed by atoms with van der Waals surface area (Å²) in [6, 6.07) is 19.2. The molecule has 8 heteroatoms. The quantitative estimate of drug-likeness (QED) is 0.206. The fraction of sp³-hybridized carbons (Fsp3) is 0.290. The zero-order valence-electron chi connectivity index (χ0n) is 22.4. The average molecular weight is 543 g/mol. The minimum Gasteiger partial charge on any atom is -0.746 e. The van der Waals surface area contributed by atoms with Crippen LogP contribution >= 0.6 is 0 Å². The molecule has 0 aliphatic carbocycles. The van der Waals surface area contributed by atoms with E-state index in [-0.39, 0.29) is 6.42 Å². The van der Waals surface area contributed by atoms with Gasteiger partial charge in [-0.3, -0.25) is 9.97 Å². The Kier molecular flexibility index (Phi) is 7.68. The second-order valence-electron chi connectivity index (χ2n) is 9.72. The summed E-state index contributed by atoms with van der Waals surface area (Å²) in [5, 5.41) is -1.30. The first-order chi connectivity index (χ1) is 18.9. The highest BCUT2D eigenvalue weighted by molar-refractivity contribution is 7.86. The Labute approximate surface area is 230 Å². The highest BCUT2D eigenvalue weighted by Crippen LogP contribution is 2.51. The van der Waals surface area contributed by atoms with E-state index >= 15 is 0 Å². The summed E-state index contributed by atoms with van der Waals surface area (Å²) in [4.78, 5) is 10.8. The summed E-state index contributed by atoms with van der Waals surface area (Å²) in [5.41, 5.74) is 6.69. The summed E-state index contributed by atoms with van der Waals surface area (Å²) >= 11 is 0. The number of hydrogen-bond acceptors (Lipinski definition) is 7. The first-order valence-corrected chi connectivity index (χ1v) is 14.9. The van der Waals surface area contributed by atoms with Gasteiger partial charge in [0.15, 0.2) is 11.5 Å². The van der Waals surface area contributed by atoms with Crippen molar-refractivity contribution in [2.75, 3.05) is 4.90 Å². The second kappa shape index (κ2) is 11.2. The van der Waals surface area contributed by atoms with Crippen molar-refractivity contribution in [3.63, 3.8) is 0 Å². The van der Waals surface area contributed by atoms with Crippen molar-refractivity contribution in [2.45, 2.75) is 58.2 Å². The number of nitrogens with zero attached hydrogens (tertiary/aromatic N) is 3. The molecule has 1 unspecified atom stereocenters. The van der Waals surface area contributed by atoms with E-state index in [9.17, 15) is 13.0 Å². The van der Waals surface area contributed by atoms with Crippen LogP contribution in [-0.2, 0) is 23.0 Å². The van der Waals surface area contributed by atoms with Crippen LogP contribution in [0.25, 0.3) is 22.5 Å². The van der Waals surface area contributed by atoms with Gasteiger partial charge in [-0.1, -0.05) is 51.8 Å². The molecular formula is C31H32N3O4S-. The highest BCUT2D eigenvalue weighted by Gasteiger charge is 2.33. The number of anilines is 2. The third-order valence-electron chi connectivity index (χ3n) is 7.00. The topological polar surface area (TPSA) is 95.5 Å². The number of rotatable bonds is 9. The predicted octanol–water partition coefficient (Wildman–Crippen LogP) is 7.24. The summed E-state index contributed by atoms with van der Waals surface area (Å²) in [6.45, 7) is 5.95. The van der Waals surface area contributed by atoms with Gasteiger partial charge in [-0.15, -0.1) is 0 Å². The van der Waals surface area contributed by atoms with Gasteiger partial charge in [0, 0.05) is 23.5 Å². The maximum absolute atomic E-state index is 12.5. The molecule has 4 aromatic rings. The van der Waals surface area contributed by atoms with E-state index in [2.05, 4.69) is 35.9 Å². The van der Waals surface area contributed by atoms with Crippen LogP contribution in [0.5, 0.6) is 11.5 Å². The molecular weight excluding hydrogens is 510 g/mol. The molecule has 0 N–H and O–H groups in total. The average Bonchev–Trinajstić information content (AvgIpc) is 2.93. The number of hydrogen-bond donors (Lipinski definition) is 0. The second-order valence-corrected chi connectivity index (χ2v) is 11.2. The molecule has 202 valence electrons. The zero-order valence-corrected chi connectivity index (χ0v) is 23.2. The summed E-state index contributed by atoms with van der Waals surface area (Å²) < 4.78 is 43.9. The predicted molar refractivity (Wildman–Crippen MR) is 153 cm³/mol. The van der Waals surface area contributed by atoms with Crippen LogP contribution in [0.1, 0.15) is 51.2 Å². The first-order valence-electron chi connectivity index (χ1n) is 13.4. The van der Waals surface area contributed by atoms with Crippen molar-refractivity contribution in [1.82, 2.24) is 9.97 Å². The standard InChI is InChI=1S/C31H33N3O4S/c1-4-9-21-11-7-17-32-30(21)23-14-16-27-26(19-23)34(29(6-3)39(35,36)37)25-15-13-24(20-28(25)38-27)31-22(10-5-2)12-8-18-33-31/h7-8,11-20,29H,4-6,9-10H2,1-3H3,(H,35,36,37)/p-1. The van der Waals surface area contributed by atoms with Crippen LogP contribution in [0.4, 0.5) is 11.4 Å². The molecule has 0 saturated heterocycles. The molecule has 0 amide bonds. The molecule has 0 spiro atoms. The normalized spacial score (nSPS) is 13.4. The lowest BCUT2D eigenvalue weighted by molar-refractivity contribution is 0.438. The smallest absolute Gasteiger partial charge is 0.151 e. The molecule has 1 aliphatic rings. The maximum atomic E-state index is 12.5. The van der Waals surface area contributed by atoms with E-state index in [1.807, 2.05) is 48.5 Å². The highest BCUT2D eigenvalue weighted by atomic mass is 32.2. The van der Waals surface area contributed by atoms with Crippen LogP contribution < -0.4 is 9.64 Å². The number of aryl methyl sites for hydroxylation is 2. The van der Waals surface area contributed by atoms with Crippen LogP contribution in [-0.4, -0.2) is 28.3 Å². The van der Waals surface area contributed by atoms with Gasteiger partial charge in [-0.05, 0) is 72.9 Å². The molecule has 0 fully saturated rings. The van der Waals surface area contributed by atoms with Gasteiger partial charge >= 0.3 is 0 Å². The Bertz CT molecular complexity index is 1600. The van der Waals surface area contributed by atoms with Crippen LogP contribution in [0.15, 0.2) is 73.1 Å². The Morgan fingerprint density at radius 3 is 1.95 bits per heavy atom. The fourth-order valence-electron chi connectivity index (χ4n) is 5.29. The van der Waals surface area contributed by atoms with E-state index in [4.69, 9.17) is 4.74 Å². The minimum atomic E-state index is -4.68. The lowest BCUT2D eigenvalue weighted by Gasteiger charge is -2.39. The number of ether oxygens (including phenoxy) is 1. The molecule has 1 aliphatic heterocycles. The molecule has 2 aromatic heterocycles. The van der Waals surface area contributed by atoms with Crippen LogP contribution in [0.2, 0.25) is 0 Å². The number of benzene rings is 2. The van der Waals surface area contributed by atoms with Crippen molar-refractivity contribution in [1.29, 1.82) is 0 Å². The minimum absolute atomic E-state index is 0.113. The molecule has 5 rings (SSSR count). The van der Waals surface area contributed by atoms with Crippen LogP contribution in [0, 0.1) is 0 Å². The number of aromatic nitrogens is 2. The maximum Gasteiger partial charge on any atom is 0.151 e. The van der Waals surface area contributed by atoms with Gasteiger partial charge in [0.1, 0.15) is 15.5 Å². The summed E-state index contributed by atoms with van der Waals surface area (Å²) in [6.07, 6.45) is 7.34. The van der Waals surface area contributed by atoms with Crippen LogP contribution in [0.3, 0.4) is 0 Å². The van der Waals surface area contributed by atoms with Gasteiger partial charge in [0.25, 0.3) is 0 Å². The Morgan fingerprint density at radius 1 is 0.795 bits per heavy atom. The monoisotopic (exact) mass is 542 g/mol. The van der Waals surface area contributed by atoms with Gasteiger partial charge in [0.05, 0.1) is 22.8 Å². The van der Waals surface area contributed by atoms with Crippen molar-refractivity contribution in [3.8, 4) is 34.0 Å². The van der Waals surface area contributed by atoms with E-state index in [0.29, 0.717) is 22.9 Å². The Morgan fingerprint density at radius 2 is 1.38 bits per heavy atom. The molecule has 3 heterocycles. The molecule has 2 aromatic carbocycles. The zero-order chi connectivity index (χ0) is 27.6. The Balaban J connectivity index is 1.67. The number of pyridine rings is 2. The van der Waals surface area contributed by atoms with Crippen molar-refractivity contribution in [2.24, 2.45) is 0 Å². The molecule has 39 heavy (non-hydrogen) atoms. The van der Waals surface area contributed by atoms with E-state index in [0.717, 1.165) is 59.3 Å². The third-order valence-corrected chi connectivity index (χ3v) is 8.21. The SMILES string of the molecule is CCCc1cccnc1-c1ccc2c(c1)Oc1ccc(-c3ncccc3CCC)cc1N2C(CC)S(=O)(=O)[O-]. The van der Waals surface area contributed by atoms with Gasteiger partial charge in [-0.25, -0.2) is 8.42 Å². The van der Waals surface area contributed by atoms with Crippen molar-refractivity contribution < 1.29 is 17.7 Å². The third kappa shape index (κ3) is 5.27. The van der Waals surface area contributed by atoms with Gasteiger partial charge in [0.2, 0.25) is 0 Å². The van der Waals surface area contributed by atoms with Crippen molar-refractivity contribution >= 4 is 21.5 Å². The summed E-state index contributed by atoms with van der Waals surface area (Å²) in [7, 11) is -4.68. The van der Waals surface area contributed by atoms with Crippen molar-refractivity contribution in [3.05, 3.63) is 84.2 Å². The molecule has 0 radical (unpaired) electrons. The van der Waals surface area contributed by atoms with E-state index < -0.39 is 15.5 Å². The molecule has 7 nitrogen and oxygen atoms in total. The first kappa shape index (κ1) is 26.8. The van der Waals surface area contributed by atoms with Gasteiger partial charge in [-0.2, -0.15) is 0 Å². The fourth-order valence-corrected chi connectivity index (χ4v) is 6.19. The van der Waals surface area contributed by atoms with E-state index in [1.165, 1.54) is 0 Å². The largest absolute Gasteiger partial charge is 0.746 e. The van der Waals surface area contributed by atoms with Gasteiger partial charge < -0.3 is 14.2 Å². The lowest BCUT2D eigenvalue weighted by Crippen LogP contribution is -2.39.